The third-order valence-electron chi connectivity index (χ3n) is 6.61. The summed E-state index contributed by atoms with van der Waals surface area (Å²) < 4.78 is 5.18. The van der Waals surface area contributed by atoms with Crippen molar-refractivity contribution >= 4 is 35.5 Å². The van der Waals surface area contributed by atoms with E-state index in [2.05, 4.69) is 21.4 Å². The van der Waals surface area contributed by atoms with Crippen LogP contribution in [-0.2, 0) is 46.5 Å². The zero-order chi connectivity index (χ0) is 31.5. The summed E-state index contributed by atoms with van der Waals surface area (Å²) in [5.41, 5.74) is 4.00. The van der Waals surface area contributed by atoms with Crippen molar-refractivity contribution in [1.29, 1.82) is 0 Å². The maximum Gasteiger partial charge on any atom is 0.325 e. The number of amides is 5. The molecule has 13 heteroatoms. The quantitative estimate of drug-likeness (QED) is 0.152. The van der Waals surface area contributed by atoms with Crippen LogP contribution in [0.2, 0.25) is 0 Å². The number of ether oxygens (including phenoxy) is 1. The Labute approximate surface area is 249 Å². The fourth-order valence-electron chi connectivity index (χ4n) is 4.13. The van der Waals surface area contributed by atoms with Crippen molar-refractivity contribution in [2.24, 2.45) is 5.92 Å². The smallest absolute Gasteiger partial charge is 0.325 e. The average molecular weight is 596 g/mol. The van der Waals surface area contributed by atoms with Gasteiger partial charge in [0.25, 0.3) is 17.7 Å². The standard InChI is InChI=1S/C30H37N5O8/c1-18(2)24(33-22(36)15-14-20-10-6-4-7-11-20)28(40)32-19(3)27(39)34-35(17-23(37)38)30(42)26-25(43-26)29(41)31-16-21-12-8-5-9-13-21/h4-13,18-19,24-26H,14-17H2,1-3H3,(H,31,41)(H,32,40)(H,33,36)(H,34,39)(H,37,38)/t19-,24-,25+,26+/m0/s1. The predicted octanol–water partition coefficient (Wildman–Crippen LogP) is 0.293. The van der Waals surface area contributed by atoms with Gasteiger partial charge >= 0.3 is 5.97 Å². The van der Waals surface area contributed by atoms with Gasteiger partial charge in [0, 0.05) is 13.0 Å². The lowest BCUT2D eigenvalue weighted by Crippen LogP contribution is -2.58. The highest BCUT2D eigenvalue weighted by Gasteiger charge is 2.52. The molecule has 5 amide bonds. The first-order valence-corrected chi connectivity index (χ1v) is 13.9. The minimum Gasteiger partial charge on any atom is -0.480 e. The van der Waals surface area contributed by atoms with E-state index in [0.717, 1.165) is 11.1 Å². The van der Waals surface area contributed by atoms with Crippen LogP contribution in [0.5, 0.6) is 0 Å². The number of carbonyl (C=O) groups excluding carboxylic acids is 5. The number of nitrogens with zero attached hydrogens (tertiary/aromatic N) is 1. The molecule has 0 unspecified atom stereocenters. The number of aliphatic carboxylic acids is 1. The molecule has 1 aliphatic rings. The van der Waals surface area contributed by atoms with Crippen molar-refractivity contribution < 1.29 is 38.6 Å². The first-order valence-electron chi connectivity index (χ1n) is 13.9. The van der Waals surface area contributed by atoms with E-state index < -0.39 is 60.4 Å². The first-order chi connectivity index (χ1) is 20.5. The molecule has 0 bridgehead atoms. The van der Waals surface area contributed by atoms with Crippen LogP contribution in [0.25, 0.3) is 0 Å². The summed E-state index contributed by atoms with van der Waals surface area (Å²) in [6, 6.07) is 16.3. The van der Waals surface area contributed by atoms with Crippen molar-refractivity contribution in [2.75, 3.05) is 6.54 Å². The van der Waals surface area contributed by atoms with Crippen LogP contribution in [0, 0.1) is 5.92 Å². The lowest BCUT2D eigenvalue weighted by Gasteiger charge is -2.26. The van der Waals surface area contributed by atoms with Gasteiger partial charge in [-0.15, -0.1) is 0 Å². The molecule has 2 aromatic carbocycles. The number of carboxylic acid groups (broad SMARTS) is 1. The fraction of sp³-hybridized carbons (Fsp3) is 0.400. The summed E-state index contributed by atoms with van der Waals surface area (Å²) in [5, 5.41) is 17.6. The van der Waals surface area contributed by atoms with E-state index in [-0.39, 0.29) is 24.8 Å². The molecule has 1 aliphatic heterocycles. The molecular formula is C30H37N5O8. The minimum absolute atomic E-state index is 0.164. The van der Waals surface area contributed by atoms with Crippen LogP contribution in [0.3, 0.4) is 0 Å². The number of hydrogen-bond donors (Lipinski definition) is 5. The van der Waals surface area contributed by atoms with Gasteiger partial charge in [0.05, 0.1) is 0 Å². The lowest BCUT2D eigenvalue weighted by molar-refractivity contribution is -0.151. The molecular weight excluding hydrogens is 558 g/mol. The third kappa shape index (κ3) is 10.2. The zero-order valence-corrected chi connectivity index (χ0v) is 24.2. The van der Waals surface area contributed by atoms with Crippen molar-refractivity contribution in [3.8, 4) is 0 Å². The number of rotatable bonds is 14. The van der Waals surface area contributed by atoms with E-state index in [9.17, 15) is 33.9 Å². The molecule has 2 aromatic rings. The Morgan fingerprint density at radius 3 is 2.02 bits per heavy atom. The molecule has 5 N–H and O–H groups in total. The van der Waals surface area contributed by atoms with Gasteiger partial charge in [-0.05, 0) is 30.4 Å². The first kappa shape index (κ1) is 32.7. The van der Waals surface area contributed by atoms with Crippen molar-refractivity contribution in [1.82, 2.24) is 26.4 Å². The van der Waals surface area contributed by atoms with Gasteiger partial charge < -0.3 is 25.8 Å². The van der Waals surface area contributed by atoms with Crippen LogP contribution >= 0.6 is 0 Å². The van der Waals surface area contributed by atoms with Crippen LogP contribution in [0.15, 0.2) is 60.7 Å². The Balaban J connectivity index is 1.52. The number of aryl methyl sites for hydroxylation is 1. The topological polar surface area (TPSA) is 187 Å². The van der Waals surface area contributed by atoms with E-state index >= 15 is 0 Å². The van der Waals surface area contributed by atoms with Gasteiger partial charge in [0.1, 0.15) is 18.6 Å². The second-order valence-electron chi connectivity index (χ2n) is 10.5. The third-order valence-corrected chi connectivity index (χ3v) is 6.61. The number of hydrogen-bond acceptors (Lipinski definition) is 7. The summed E-state index contributed by atoms with van der Waals surface area (Å²) in [6.45, 7) is 4.12. The summed E-state index contributed by atoms with van der Waals surface area (Å²) in [4.78, 5) is 75.0. The van der Waals surface area contributed by atoms with Crippen LogP contribution in [0.4, 0.5) is 0 Å². The Bertz CT molecular complexity index is 1300. The van der Waals surface area contributed by atoms with Crippen LogP contribution in [-0.4, -0.2) is 76.5 Å². The highest BCUT2D eigenvalue weighted by molar-refractivity contribution is 5.97. The largest absolute Gasteiger partial charge is 0.480 e. The number of benzene rings is 2. The normalized spacial score (nSPS) is 16.7. The maximum absolute atomic E-state index is 13.0. The molecule has 0 saturated carbocycles. The van der Waals surface area contributed by atoms with Gasteiger partial charge in [-0.25, -0.2) is 5.01 Å². The molecule has 4 atom stereocenters. The molecule has 230 valence electrons. The molecule has 1 saturated heterocycles. The Kier molecular flexibility index (Phi) is 11.8. The molecule has 0 radical (unpaired) electrons. The Hall–Kier alpha value is -4.78. The molecule has 3 rings (SSSR count). The molecule has 43 heavy (non-hydrogen) atoms. The van der Waals surface area contributed by atoms with Gasteiger partial charge in [0.15, 0.2) is 12.2 Å². The highest BCUT2D eigenvalue weighted by atomic mass is 16.6. The van der Waals surface area contributed by atoms with Crippen LogP contribution < -0.4 is 21.4 Å². The van der Waals surface area contributed by atoms with Gasteiger partial charge in [-0.1, -0.05) is 74.5 Å². The van der Waals surface area contributed by atoms with Crippen molar-refractivity contribution in [3.63, 3.8) is 0 Å². The average Bonchev–Trinajstić information content (AvgIpc) is 3.78. The van der Waals surface area contributed by atoms with Gasteiger partial charge in [-0.3, -0.25) is 34.2 Å². The molecule has 0 aromatic heterocycles. The van der Waals surface area contributed by atoms with Gasteiger partial charge in [-0.2, -0.15) is 0 Å². The second-order valence-corrected chi connectivity index (χ2v) is 10.5. The molecule has 1 heterocycles. The number of nitrogens with one attached hydrogen (secondary N) is 4. The molecule has 1 fully saturated rings. The summed E-state index contributed by atoms with van der Waals surface area (Å²) in [6.07, 6.45) is -1.77. The SMILES string of the molecule is CC(C)[C@H](NC(=O)CCc1ccccc1)C(=O)N[C@@H](C)C(=O)NN(CC(=O)O)C(=O)[C@@H]1O[C@H]1C(=O)NCc1ccccc1. The molecule has 0 spiro atoms. The lowest BCUT2D eigenvalue weighted by atomic mass is 10.0. The van der Waals surface area contributed by atoms with Crippen molar-refractivity contribution in [2.45, 2.75) is 64.4 Å². The Morgan fingerprint density at radius 2 is 1.44 bits per heavy atom. The number of carbonyl (C=O) groups is 6. The zero-order valence-electron chi connectivity index (χ0n) is 24.2. The minimum atomic E-state index is -1.42. The van der Waals surface area contributed by atoms with Gasteiger partial charge in [0.2, 0.25) is 11.8 Å². The fourth-order valence-corrected chi connectivity index (χ4v) is 4.13. The summed E-state index contributed by atoms with van der Waals surface area (Å²) in [5.74, 6) is -5.06. The molecule has 13 nitrogen and oxygen atoms in total. The van der Waals surface area contributed by atoms with E-state index in [0.29, 0.717) is 11.4 Å². The van der Waals surface area contributed by atoms with E-state index in [4.69, 9.17) is 4.74 Å². The number of hydrazine groups is 1. The predicted molar refractivity (Wildman–Crippen MR) is 154 cm³/mol. The van der Waals surface area contributed by atoms with Crippen molar-refractivity contribution in [3.05, 3.63) is 71.8 Å². The van der Waals surface area contributed by atoms with E-state index in [1.54, 1.807) is 13.8 Å². The monoisotopic (exact) mass is 595 g/mol. The molecule has 0 aliphatic carbocycles. The summed E-state index contributed by atoms with van der Waals surface area (Å²) in [7, 11) is 0. The number of carboxylic acids is 1. The summed E-state index contributed by atoms with van der Waals surface area (Å²) >= 11 is 0. The Morgan fingerprint density at radius 1 is 0.837 bits per heavy atom. The second kappa shape index (κ2) is 15.4. The maximum atomic E-state index is 13.0. The number of epoxide rings is 1. The van der Waals surface area contributed by atoms with E-state index in [1.165, 1.54) is 6.92 Å². The van der Waals surface area contributed by atoms with Crippen LogP contribution in [0.1, 0.15) is 38.3 Å². The van der Waals surface area contributed by atoms with E-state index in [1.807, 2.05) is 60.7 Å². The highest BCUT2D eigenvalue weighted by Crippen LogP contribution is 2.24.